The number of carbonyl (C=O) groups is 2. The van der Waals surface area contributed by atoms with E-state index in [4.69, 9.17) is 4.74 Å². The molecule has 4 rings (SSSR count). The molecule has 0 unspecified atom stereocenters. The molecule has 3 aliphatic heterocycles. The van der Waals surface area contributed by atoms with Crippen molar-refractivity contribution in [1.82, 2.24) is 14.1 Å². The highest BCUT2D eigenvalue weighted by atomic mass is 32.2. The van der Waals surface area contributed by atoms with Crippen molar-refractivity contribution in [2.24, 2.45) is 5.92 Å². The average Bonchev–Trinajstić information content (AvgIpc) is 2.83. The topological polar surface area (TPSA) is 99.3 Å². The molecule has 3 heterocycles. The fourth-order valence-electron chi connectivity index (χ4n) is 5.10. The van der Waals surface area contributed by atoms with Crippen LogP contribution in [0.2, 0.25) is 0 Å². The molecule has 9 nitrogen and oxygen atoms in total. The average molecular weight is 493 g/mol. The summed E-state index contributed by atoms with van der Waals surface area (Å²) in [5.74, 6) is -0.114. The summed E-state index contributed by atoms with van der Waals surface area (Å²) in [5.41, 5.74) is 1.03. The van der Waals surface area contributed by atoms with Gasteiger partial charge in [0.05, 0.1) is 16.5 Å². The number of hydrogen-bond acceptors (Lipinski definition) is 6. The number of sulfonamides is 1. The second kappa shape index (κ2) is 10.2. The third-order valence-corrected chi connectivity index (χ3v) is 9.05. The Morgan fingerprint density at radius 3 is 2.56 bits per heavy atom. The number of piperidine rings is 1. The highest BCUT2D eigenvalue weighted by molar-refractivity contribution is 7.89. The van der Waals surface area contributed by atoms with Gasteiger partial charge in [-0.3, -0.25) is 14.5 Å². The van der Waals surface area contributed by atoms with Crippen LogP contribution < -0.4 is 10.1 Å². The maximum absolute atomic E-state index is 13.6. The summed E-state index contributed by atoms with van der Waals surface area (Å²) < 4.78 is 34.5. The van der Waals surface area contributed by atoms with Crippen molar-refractivity contribution in [1.29, 1.82) is 0 Å². The molecule has 188 valence electrons. The summed E-state index contributed by atoms with van der Waals surface area (Å²) >= 11 is 0. The Morgan fingerprint density at radius 1 is 1.15 bits per heavy atom. The first-order chi connectivity index (χ1) is 16.2. The summed E-state index contributed by atoms with van der Waals surface area (Å²) in [7, 11) is -3.82. The lowest BCUT2D eigenvalue weighted by molar-refractivity contribution is -0.138. The van der Waals surface area contributed by atoms with Crippen LogP contribution in [0.4, 0.5) is 5.69 Å². The van der Waals surface area contributed by atoms with Gasteiger partial charge in [0.1, 0.15) is 5.75 Å². The molecular formula is C24H36N4O5S. The fraction of sp³-hybridized carbons (Fsp3) is 0.667. The minimum absolute atomic E-state index is 0.0649. The summed E-state index contributed by atoms with van der Waals surface area (Å²) in [6, 6.07) is 3.16. The Bertz CT molecular complexity index is 1040. The molecule has 2 atom stereocenters. The number of benzene rings is 1. The molecule has 2 saturated heterocycles. The van der Waals surface area contributed by atoms with Gasteiger partial charge in [0, 0.05) is 45.3 Å². The zero-order valence-electron chi connectivity index (χ0n) is 20.4. The van der Waals surface area contributed by atoms with Crippen LogP contribution >= 0.6 is 0 Å². The summed E-state index contributed by atoms with van der Waals surface area (Å²) in [6.07, 6.45) is 2.31. The van der Waals surface area contributed by atoms with Crippen LogP contribution in [-0.2, 0) is 19.6 Å². The van der Waals surface area contributed by atoms with E-state index in [0.29, 0.717) is 55.9 Å². The first-order valence-corrected chi connectivity index (χ1v) is 13.8. The van der Waals surface area contributed by atoms with Gasteiger partial charge in [-0.2, -0.15) is 4.31 Å². The van der Waals surface area contributed by atoms with Crippen LogP contribution in [0, 0.1) is 12.8 Å². The number of ether oxygens (including phenoxy) is 1. The van der Waals surface area contributed by atoms with E-state index in [-0.39, 0.29) is 29.2 Å². The van der Waals surface area contributed by atoms with E-state index in [1.165, 1.54) is 10.4 Å². The van der Waals surface area contributed by atoms with Crippen molar-refractivity contribution in [3.63, 3.8) is 0 Å². The molecule has 1 aromatic rings. The Labute approximate surface area is 202 Å². The fourth-order valence-corrected chi connectivity index (χ4v) is 6.84. The molecule has 0 radical (unpaired) electrons. The molecule has 1 N–H and O–H groups in total. The second-order valence-electron chi connectivity index (χ2n) is 9.49. The van der Waals surface area contributed by atoms with Crippen LogP contribution in [0.1, 0.15) is 45.1 Å². The summed E-state index contributed by atoms with van der Waals surface area (Å²) in [4.78, 5) is 29.8. The molecule has 1 aromatic carbocycles. The minimum Gasteiger partial charge on any atom is -0.478 e. The van der Waals surface area contributed by atoms with Gasteiger partial charge in [0.25, 0.3) is 5.91 Å². The lowest BCUT2D eigenvalue weighted by Crippen LogP contribution is -2.53. The predicted molar refractivity (Wildman–Crippen MR) is 129 cm³/mol. The number of amides is 2. The summed E-state index contributed by atoms with van der Waals surface area (Å²) in [6.45, 7) is 10.5. The van der Waals surface area contributed by atoms with Crippen molar-refractivity contribution in [3.05, 3.63) is 17.7 Å². The van der Waals surface area contributed by atoms with Crippen LogP contribution in [0.3, 0.4) is 0 Å². The molecular weight excluding hydrogens is 456 g/mol. The predicted octanol–water partition coefficient (Wildman–Crippen LogP) is 2.06. The molecule has 0 spiro atoms. The Hall–Kier alpha value is -2.17. The smallest absolute Gasteiger partial charge is 0.265 e. The molecule has 0 bridgehead atoms. The van der Waals surface area contributed by atoms with Crippen molar-refractivity contribution in [2.45, 2.75) is 57.5 Å². The van der Waals surface area contributed by atoms with Gasteiger partial charge >= 0.3 is 0 Å². The number of piperazine rings is 1. The number of anilines is 1. The van der Waals surface area contributed by atoms with E-state index in [1.807, 2.05) is 11.8 Å². The van der Waals surface area contributed by atoms with Crippen molar-refractivity contribution in [2.75, 3.05) is 51.1 Å². The number of hydrogen-bond donors (Lipinski definition) is 1. The number of rotatable bonds is 6. The van der Waals surface area contributed by atoms with Crippen molar-refractivity contribution >= 4 is 27.5 Å². The standard InChI is InChI=1S/C24H36N4O5S/c1-4-8-26-10-12-27(13-11-26)24(30)18-7-6-9-28(16-18)34(31,32)22-15-21-19(14-17(22)3)25-23(29)20(5-2)33-21/h14-15,18,20H,4-13,16H2,1-3H3,(H,25,29)/t18-,20+/m1/s1. The quantitative estimate of drug-likeness (QED) is 0.653. The van der Waals surface area contributed by atoms with E-state index in [2.05, 4.69) is 17.1 Å². The monoisotopic (exact) mass is 492 g/mol. The van der Waals surface area contributed by atoms with E-state index in [1.54, 1.807) is 13.0 Å². The lowest BCUT2D eigenvalue weighted by Gasteiger charge is -2.38. The highest BCUT2D eigenvalue weighted by Crippen LogP contribution is 2.36. The van der Waals surface area contributed by atoms with E-state index in [9.17, 15) is 18.0 Å². The maximum Gasteiger partial charge on any atom is 0.265 e. The minimum atomic E-state index is -3.82. The SMILES string of the molecule is CCCN1CCN(C(=O)[C@@H]2CCCN(S(=O)(=O)c3cc4c(cc3C)NC(=O)[C@H](CC)O4)C2)CC1. The number of aryl methyl sites for hydroxylation is 1. The second-order valence-corrected chi connectivity index (χ2v) is 11.4. The normalized spacial score (nSPS) is 24.3. The largest absolute Gasteiger partial charge is 0.478 e. The molecule has 3 aliphatic rings. The molecule has 0 saturated carbocycles. The van der Waals surface area contributed by atoms with Crippen molar-refractivity contribution in [3.8, 4) is 5.75 Å². The van der Waals surface area contributed by atoms with E-state index >= 15 is 0 Å². The van der Waals surface area contributed by atoms with Crippen LogP contribution in [0.5, 0.6) is 5.75 Å². The summed E-state index contributed by atoms with van der Waals surface area (Å²) in [5, 5.41) is 2.80. The van der Waals surface area contributed by atoms with E-state index in [0.717, 1.165) is 26.1 Å². The van der Waals surface area contributed by atoms with E-state index < -0.39 is 16.1 Å². The van der Waals surface area contributed by atoms with Gasteiger partial charge in [-0.1, -0.05) is 13.8 Å². The number of carbonyl (C=O) groups excluding carboxylic acids is 2. The van der Waals surface area contributed by atoms with Gasteiger partial charge in [0.2, 0.25) is 15.9 Å². The van der Waals surface area contributed by atoms with Gasteiger partial charge in [-0.25, -0.2) is 8.42 Å². The third-order valence-electron chi connectivity index (χ3n) is 7.04. The van der Waals surface area contributed by atoms with Gasteiger partial charge in [-0.15, -0.1) is 0 Å². The molecule has 0 aliphatic carbocycles. The zero-order valence-corrected chi connectivity index (χ0v) is 21.2. The van der Waals surface area contributed by atoms with Crippen molar-refractivity contribution < 1.29 is 22.7 Å². The zero-order chi connectivity index (χ0) is 24.5. The highest BCUT2D eigenvalue weighted by Gasteiger charge is 2.37. The molecule has 34 heavy (non-hydrogen) atoms. The van der Waals surface area contributed by atoms with Gasteiger partial charge in [-0.05, 0) is 50.8 Å². The number of fused-ring (bicyclic) bond motifs is 1. The van der Waals surface area contributed by atoms with Crippen LogP contribution in [-0.4, -0.2) is 86.3 Å². The van der Waals surface area contributed by atoms with Gasteiger partial charge < -0.3 is 15.0 Å². The molecule has 10 heteroatoms. The molecule has 0 aromatic heterocycles. The van der Waals surface area contributed by atoms with Gasteiger partial charge in [0.15, 0.2) is 6.10 Å². The maximum atomic E-state index is 13.6. The van der Waals surface area contributed by atoms with Crippen LogP contribution in [0.15, 0.2) is 17.0 Å². The lowest BCUT2D eigenvalue weighted by atomic mass is 9.98. The first-order valence-electron chi connectivity index (χ1n) is 12.4. The number of nitrogens with one attached hydrogen (secondary N) is 1. The Morgan fingerprint density at radius 2 is 1.88 bits per heavy atom. The number of nitrogens with zero attached hydrogens (tertiary/aromatic N) is 3. The Kier molecular flexibility index (Phi) is 7.49. The molecule has 2 amide bonds. The Balaban J connectivity index is 1.49. The first kappa shape index (κ1) is 24.9. The molecule has 2 fully saturated rings. The van der Waals surface area contributed by atoms with Crippen LogP contribution in [0.25, 0.3) is 0 Å². The third kappa shape index (κ3) is 4.94.